The third-order valence-electron chi connectivity index (χ3n) is 3.24. The number of anilines is 1. The highest BCUT2D eigenvalue weighted by atomic mass is 16.6. The molecule has 0 aliphatic rings. The maximum absolute atomic E-state index is 11.6. The van der Waals surface area contributed by atoms with E-state index in [2.05, 4.69) is 10.3 Å². The number of benzene rings is 1. The molecule has 0 saturated carbocycles. The van der Waals surface area contributed by atoms with Gasteiger partial charge >= 0.3 is 5.97 Å². The number of rotatable bonds is 9. The monoisotopic (exact) mass is 363 g/mol. The molecule has 0 saturated heterocycles. The number of unbranched alkanes of at least 4 members (excludes halogenated alkanes) is 2. The summed E-state index contributed by atoms with van der Waals surface area (Å²) in [6.45, 7) is 10.2. The fourth-order valence-corrected chi connectivity index (χ4v) is 2.23. The molecule has 0 heterocycles. The molecular weight excluding hydrogens is 330 g/mol. The molecule has 0 aromatic heterocycles. The number of carbonyl (C=O) groups is 1. The Morgan fingerprint density at radius 2 is 1.81 bits per heavy atom. The maximum atomic E-state index is 11.6. The minimum Gasteiger partial charge on any atom is -0.491 e. The second-order valence-electron chi connectivity index (χ2n) is 7.48. The van der Waals surface area contributed by atoms with E-state index in [4.69, 9.17) is 15.2 Å². The van der Waals surface area contributed by atoms with Gasteiger partial charge in [0.1, 0.15) is 11.4 Å². The van der Waals surface area contributed by atoms with Crippen molar-refractivity contribution in [3.63, 3.8) is 0 Å². The van der Waals surface area contributed by atoms with Crippen molar-refractivity contribution < 1.29 is 14.3 Å². The van der Waals surface area contributed by atoms with Crippen LogP contribution in [-0.2, 0) is 9.53 Å². The van der Waals surface area contributed by atoms with Gasteiger partial charge in [0.25, 0.3) is 0 Å². The van der Waals surface area contributed by atoms with Crippen LogP contribution in [0.5, 0.6) is 5.75 Å². The summed E-state index contributed by atoms with van der Waals surface area (Å²) in [6, 6.07) is 7.60. The molecule has 0 spiro atoms. The zero-order valence-corrected chi connectivity index (χ0v) is 16.7. The first-order valence-electron chi connectivity index (χ1n) is 9.21. The first kappa shape index (κ1) is 21.8. The predicted molar refractivity (Wildman–Crippen MR) is 107 cm³/mol. The molecule has 0 atom stereocenters. The van der Waals surface area contributed by atoms with Crippen LogP contribution in [0.4, 0.5) is 5.69 Å². The van der Waals surface area contributed by atoms with Crippen LogP contribution < -0.4 is 15.8 Å². The lowest BCUT2D eigenvalue weighted by Crippen LogP contribution is -2.23. The highest BCUT2D eigenvalue weighted by molar-refractivity contribution is 5.92. The van der Waals surface area contributed by atoms with Gasteiger partial charge in [0.2, 0.25) is 0 Å². The van der Waals surface area contributed by atoms with Gasteiger partial charge in [0.05, 0.1) is 6.10 Å². The standard InChI is InChI=1S/C20H33N3O3/c1-15(2)25-17-12-10-16(11-13-17)23-19(21)22-14-8-6-7-9-18(24)26-20(3,4)5/h10-13,15H,6-9,14H2,1-5H3,(H3,21,22,23). The van der Waals surface area contributed by atoms with E-state index < -0.39 is 5.60 Å². The first-order valence-corrected chi connectivity index (χ1v) is 9.21. The van der Waals surface area contributed by atoms with Gasteiger partial charge in [-0.2, -0.15) is 0 Å². The molecule has 6 heteroatoms. The summed E-state index contributed by atoms with van der Waals surface area (Å²) in [4.78, 5) is 15.9. The van der Waals surface area contributed by atoms with E-state index in [1.807, 2.05) is 58.9 Å². The maximum Gasteiger partial charge on any atom is 0.306 e. The summed E-state index contributed by atoms with van der Waals surface area (Å²) in [5.41, 5.74) is 6.34. The number of carbonyl (C=O) groups excluding carboxylic acids is 1. The average molecular weight is 364 g/mol. The minimum absolute atomic E-state index is 0.146. The zero-order chi connectivity index (χ0) is 19.6. The molecule has 0 unspecified atom stereocenters. The van der Waals surface area contributed by atoms with E-state index in [-0.39, 0.29) is 12.1 Å². The highest BCUT2D eigenvalue weighted by Gasteiger charge is 2.15. The first-order chi connectivity index (χ1) is 12.2. The number of aliphatic imine (C=N–C) groups is 1. The molecule has 1 rings (SSSR count). The van der Waals surface area contributed by atoms with E-state index >= 15 is 0 Å². The molecule has 26 heavy (non-hydrogen) atoms. The Labute approximate surface area is 157 Å². The number of guanidine groups is 1. The largest absolute Gasteiger partial charge is 0.491 e. The van der Waals surface area contributed by atoms with Crippen molar-refractivity contribution in [1.29, 1.82) is 0 Å². The number of hydrogen-bond donors (Lipinski definition) is 2. The van der Waals surface area contributed by atoms with E-state index in [0.29, 0.717) is 18.9 Å². The lowest BCUT2D eigenvalue weighted by molar-refractivity contribution is -0.154. The zero-order valence-electron chi connectivity index (χ0n) is 16.7. The topological polar surface area (TPSA) is 85.9 Å². The van der Waals surface area contributed by atoms with Gasteiger partial charge in [-0.25, -0.2) is 0 Å². The minimum atomic E-state index is -0.416. The van der Waals surface area contributed by atoms with E-state index in [1.54, 1.807) is 0 Å². The average Bonchev–Trinajstić information content (AvgIpc) is 2.50. The van der Waals surface area contributed by atoms with Gasteiger partial charge in [-0.1, -0.05) is 6.42 Å². The summed E-state index contributed by atoms with van der Waals surface area (Å²) < 4.78 is 10.9. The molecule has 0 radical (unpaired) electrons. The Bertz CT molecular complexity index is 575. The molecule has 6 nitrogen and oxygen atoms in total. The van der Waals surface area contributed by atoms with E-state index in [9.17, 15) is 4.79 Å². The molecule has 0 amide bonds. The molecule has 0 aliphatic heterocycles. The summed E-state index contributed by atoms with van der Waals surface area (Å²) in [7, 11) is 0. The van der Waals surface area contributed by atoms with Crippen LogP contribution in [0.15, 0.2) is 29.3 Å². The van der Waals surface area contributed by atoms with Crippen LogP contribution in [0.3, 0.4) is 0 Å². The molecule has 1 aromatic rings. The third kappa shape index (κ3) is 10.6. The number of ether oxygens (including phenoxy) is 2. The summed E-state index contributed by atoms with van der Waals surface area (Å²) >= 11 is 0. The normalized spacial score (nSPS) is 12.2. The Morgan fingerprint density at radius 1 is 1.15 bits per heavy atom. The van der Waals surface area contributed by atoms with Gasteiger partial charge in [-0.15, -0.1) is 0 Å². The van der Waals surface area contributed by atoms with E-state index in [1.165, 1.54) is 0 Å². The predicted octanol–water partition coefficient (Wildman–Crippen LogP) is 4.10. The molecular formula is C20H33N3O3. The van der Waals surface area contributed by atoms with Crippen molar-refractivity contribution >= 4 is 17.6 Å². The number of nitrogens with zero attached hydrogens (tertiary/aromatic N) is 1. The SMILES string of the molecule is CC(C)Oc1ccc(NC(N)=NCCCCCC(=O)OC(C)(C)C)cc1. The van der Waals surface area contributed by atoms with Gasteiger partial charge in [0.15, 0.2) is 5.96 Å². The van der Waals surface area contributed by atoms with Crippen LogP contribution >= 0.6 is 0 Å². The summed E-state index contributed by atoms with van der Waals surface area (Å²) in [6.07, 6.45) is 3.19. The van der Waals surface area contributed by atoms with Gasteiger partial charge in [0, 0.05) is 18.7 Å². The third-order valence-corrected chi connectivity index (χ3v) is 3.24. The van der Waals surface area contributed by atoms with Crippen LogP contribution in [0.2, 0.25) is 0 Å². The smallest absolute Gasteiger partial charge is 0.306 e. The molecule has 0 fully saturated rings. The molecule has 0 bridgehead atoms. The van der Waals surface area contributed by atoms with Crippen molar-refractivity contribution in [2.75, 3.05) is 11.9 Å². The number of hydrogen-bond acceptors (Lipinski definition) is 4. The van der Waals surface area contributed by atoms with Crippen molar-refractivity contribution in [2.24, 2.45) is 10.7 Å². The molecule has 1 aromatic carbocycles. The highest BCUT2D eigenvalue weighted by Crippen LogP contribution is 2.16. The van der Waals surface area contributed by atoms with Gasteiger partial charge < -0.3 is 20.5 Å². The van der Waals surface area contributed by atoms with Crippen LogP contribution in [0.25, 0.3) is 0 Å². The van der Waals surface area contributed by atoms with Gasteiger partial charge in [-0.3, -0.25) is 9.79 Å². The second kappa shape index (κ2) is 10.7. The van der Waals surface area contributed by atoms with Crippen molar-refractivity contribution in [3.05, 3.63) is 24.3 Å². The Morgan fingerprint density at radius 3 is 2.38 bits per heavy atom. The second-order valence-corrected chi connectivity index (χ2v) is 7.48. The summed E-state index contributed by atoms with van der Waals surface area (Å²) in [5.74, 6) is 1.06. The van der Waals surface area contributed by atoms with Crippen LogP contribution in [0, 0.1) is 0 Å². The Balaban J connectivity index is 2.22. The van der Waals surface area contributed by atoms with Gasteiger partial charge in [-0.05, 0) is 71.7 Å². The lowest BCUT2D eigenvalue weighted by Gasteiger charge is -2.19. The fourth-order valence-electron chi connectivity index (χ4n) is 2.23. The fraction of sp³-hybridized carbons (Fsp3) is 0.600. The number of esters is 1. The lowest BCUT2D eigenvalue weighted by atomic mass is 10.1. The number of nitrogens with one attached hydrogen (secondary N) is 1. The molecule has 3 N–H and O–H groups in total. The Hall–Kier alpha value is -2.24. The van der Waals surface area contributed by atoms with Crippen molar-refractivity contribution in [2.45, 2.75) is 72.0 Å². The quantitative estimate of drug-likeness (QED) is 0.298. The van der Waals surface area contributed by atoms with Crippen molar-refractivity contribution in [3.8, 4) is 5.75 Å². The van der Waals surface area contributed by atoms with Crippen LogP contribution in [-0.4, -0.2) is 30.2 Å². The molecule has 0 aliphatic carbocycles. The van der Waals surface area contributed by atoms with Crippen molar-refractivity contribution in [1.82, 2.24) is 0 Å². The van der Waals surface area contributed by atoms with E-state index in [0.717, 1.165) is 30.7 Å². The van der Waals surface area contributed by atoms with Crippen LogP contribution in [0.1, 0.15) is 60.3 Å². The Kier molecular flexibility index (Phi) is 8.96. The summed E-state index contributed by atoms with van der Waals surface area (Å²) in [5, 5.41) is 3.06. The number of nitrogens with two attached hydrogens (primary N) is 1. The molecule has 146 valence electrons.